The second-order valence-electron chi connectivity index (χ2n) is 4.48. The second-order valence-corrected chi connectivity index (χ2v) is 5.36. The standard InChI is InChI=1S/C16H18FNO2S/c1-19-14-8-12(13(17)9-15(14)20-2)16(18)10-4-6-11(21-3)7-5-10/h4-9,16H,18H2,1-3H3. The van der Waals surface area contributed by atoms with Crippen LogP contribution in [0.2, 0.25) is 0 Å². The van der Waals surface area contributed by atoms with Crippen LogP contribution in [-0.2, 0) is 0 Å². The minimum atomic E-state index is -0.555. The van der Waals surface area contributed by atoms with Gasteiger partial charge in [-0.3, -0.25) is 0 Å². The van der Waals surface area contributed by atoms with Crippen LogP contribution in [0, 0.1) is 5.82 Å². The monoisotopic (exact) mass is 307 g/mol. The molecule has 0 aliphatic heterocycles. The van der Waals surface area contributed by atoms with Gasteiger partial charge in [0.2, 0.25) is 0 Å². The molecule has 0 heterocycles. The van der Waals surface area contributed by atoms with Crippen molar-refractivity contribution in [2.75, 3.05) is 20.5 Å². The van der Waals surface area contributed by atoms with E-state index >= 15 is 0 Å². The Labute approximate surface area is 128 Å². The van der Waals surface area contributed by atoms with Crippen molar-refractivity contribution in [2.45, 2.75) is 10.9 Å². The van der Waals surface area contributed by atoms with E-state index in [1.807, 2.05) is 30.5 Å². The van der Waals surface area contributed by atoms with Crippen molar-refractivity contribution in [1.82, 2.24) is 0 Å². The first kappa shape index (κ1) is 15.7. The summed E-state index contributed by atoms with van der Waals surface area (Å²) in [5.74, 6) is 0.405. The Bertz CT molecular complexity index is 616. The number of nitrogens with two attached hydrogens (primary N) is 1. The smallest absolute Gasteiger partial charge is 0.163 e. The first-order valence-electron chi connectivity index (χ1n) is 6.41. The summed E-state index contributed by atoms with van der Waals surface area (Å²) in [4.78, 5) is 1.14. The molecule has 0 aliphatic rings. The largest absolute Gasteiger partial charge is 0.493 e. The molecule has 0 aromatic heterocycles. The quantitative estimate of drug-likeness (QED) is 0.857. The summed E-state index contributed by atoms with van der Waals surface area (Å²) in [6.45, 7) is 0. The Balaban J connectivity index is 2.39. The lowest BCUT2D eigenvalue weighted by atomic mass is 9.98. The maximum absolute atomic E-state index is 14.2. The van der Waals surface area contributed by atoms with Crippen molar-refractivity contribution < 1.29 is 13.9 Å². The summed E-state index contributed by atoms with van der Waals surface area (Å²) in [7, 11) is 2.98. The van der Waals surface area contributed by atoms with Gasteiger partial charge in [-0.25, -0.2) is 4.39 Å². The zero-order valence-electron chi connectivity index (χ0n) is 12.2. The third-order valence-corrected chi connectivity index (χ3v) is 4.06. The molecule has 21 heavy (non-hydrogen) atoms. The number of thioether (sulfide) groups is 1. The van der Waals surface area contributed by atoms with Gasteiger partial charge in [-0.2, -0.15) is 0 Å². The highest BCUT2D eigenvalue weighted by Gasteiger charge is 2.18. The van der Waals surface area contributed by atoms with Crippen molar-refractivity contribution in [3.05, 3.63) is 53.3 Å². The van der Waals surface area contributed by atoms with E-state index in [0.29, 0.717) is 17.1 Å². The fraction of sp³-hybridized carbons (Fsp3) is 0.250. The Morgan fingerprint density at radius 3 is 2.14 bits per heavy atom. The van der Waals surface area contributed by atoms with E-state index in [9.17, 15) is 4.39 Å². The molecule has 3 nitrogen and oxygen atoms in total. The van der Waals surface area contributed by atoms with Gasteiger partial charge in [-0.05, 0) is 30.0 Å². The summed E-state index contributed by atoms with van der Waals surface area (Å²) in [5.41, 5.74) is 7.41. The van der Waals surface area contributed by atoms with E-state index in [2.05, 4.69) is 0 Å². The Morgan fingerprint density at radius 2 is 1.62 bits per heavy atom. The highest BCUT2D eigenvalue weighted by Crippen LogP contribution is 2.34. The van der Waals surface area contributed by atoms with Gasteiger partial charge in [-0.15, -0.1) is 11.8 Å². The van der Waals surface area contributed by atoms with E-state index < -0.39 is 11.9 Å². The molecular formula is C16H18FNO2S. The number of ether oxygens (including phenoxy) is 2. The molecule has 1 unspecified atom stereocenters. The lowest BCUT2D eigenvalue weighted by Crippen LogP contribution is -2.14. The molecule has 0 amide bonds. The predicted octanol–water partition coefficient (Wildman–Crippen LogP) is 3.61. The van der Waals surface area contributed by atoms with Gasteiger partial charge in [-0.1, -0.05) is 12.1 Å². The fourth-order valence-corrected chi connectivity index (χ4v) is 2.51. The predicted molar refractivity (Wildman–Crippen MR) is 83.8 cm³/mol. The average molecular weight is 307 g/mol. The number of methoxy groups -OCH3 is 2. The van der Waals surface area contributed by atoms with Crippen LogP contribution < -0.4 is 15.2 Å². The number of rotatable bonds is 5. The van der Waals surface area contributed by atoms with Crippen LogP contribution in [0.15, 0.2) is 41.3 Å². The van der Waals surface area contributed by atoms with Crippen molar-refractivity contribution in [3.8, 4) is 11.5 Å². The molecule has 1 atom stereocenters. The molecule has 2 aromatic rings. The maximum atomic E-state index is 14.2. The molecule has 0 fully saturated rings. The molecule has 2 aromatic carbocycles. The Hall–Kier alpha value is -1.72. The lowest BCUT2D eigenvalue weighted by Gasteiger charge is -2.16. The Kier molecular flexibility index (Phi) is 5.09. The second kappa shape index (κ2) is 6.83. The van der Waals surface area contributed by atoms with Crippen LogP contribution in [0.1, 0.15) is 17.2 Å². The molecule has 112 valence electrons. The number of halogens is 1. The highest BCUT2D eigenvalue weighted by atomic mass is 32.2. The number of hydrogen-bond donors (Lipinski definition) is 1. The zero-order valence-corrected chi connectivity index (χ0v) is 13.0. The molecule has 2 N–H and O–H groups in total. The van der Waals surface area contributed by atoms with Gasteiger partial charge in [0.15, 0.2) is 11.5 Å². The van der Waals surface area contributed by atoms with Crippen molar-refractivity contribution >= 4 is 11.8 Å². The van der Waals surface area contributed by atoms with Gasteiger partial charge in [0.05, 0.1) is 20.3 Å². The minimum Gasteiger partial charge on any atom is -0.493 e. The maximum Gasteiger partial charge on any atom is 0.163 e. The van der Waals surface area contributed by atoms with Crippen LogP contribution in [-0.4, -0.2) is 20.5 Å². The molecule has 0 saturated carbocycles. The summed E-state index contributed by atoms with van der Waals surface area (Å²) < 4.78 is 24.5. The van der Waals surface area contributed by atoms with E-state index in [-0.39, 0.29) is 0 Å². The molecule has 0 aliphatic carbocycles. The first-order valence-corrected chi connectivity index (χ1v) is 7.64. The van der Waals surface area contributed by atoms with Gasteiger partial charge in [0.1, 0.15) is 5.82 Å². The zero-order chi connectivity index (χ0) is 15.4. The van der Waals surface area contributed by atoms with Gasteiger partial charge >= 0.3 is 0 Å². The van der Waals surface area contributed by atoms with E-state index in [0.717, 1.165) is 10.5 Å². The van der Waals surface area contributed by atoms with Crippen molar-refractivity contribution in [2.24, 2.45) is 5.73 Å². The normalized spacial score (nSPS) is 12.0. The molecule has 0 radical (unpaired) electrons. The SMILES string of the molecule is COc1cc(F)c(C(N)c2ccc(SC)cc2)cc1OC. The summed E-state index contributed by atoms with van der Waals surface area (Å²) in [5, 5.41) is 0. The van der Waals surface area contributed by atoms with Crippen LogP contribution in [0.4, 0.5) is 4.39 Å². The molecule has 0 saturated heterocycles. The Morgan fingerprint density at radius 1 is 1.05 bits per heavy atom. The third-order valence-electron chi connectivity index (χ3n) is 3.31. The highest BCUT2D eigenvalue weighted by molar-refractivity contribution is 7.98. The van der Waals surface area contributed by atoms with Crippen molar-refractivity contribution in [3.63, 3.8) is 0 Å². The van der Waals surface area contributed by atoms with E-state index in [1.54, 1.807) is 17.8 Å². The van der Waals surface area contributed by atoms with Gasteiger partial charge in [0, 0.05) is 16.5 Å². The molecule has 5 heteroatoms. The van der Waals surface area contributed by atoms with Crippen LogP contribution in [0.25, 0.3) is 0 Å². The number of benzene rings is 2. The molecule has 2 rings (SSSR count). The summed E-state index contributed by atoms with van der Waals surface area (Å²) in [6.07, 6.45) is 2.00. The van der Waals surface area contributed by atoms with Crippen LogP contribution >= 0.6 is 11.8 Å². The lowest BCUT2D eigenvalue weighted by molar-refractivity contribution is 0.351. The first-order chi connectivity index (χ1) is 10.1. The van der Waals surface area contributed by atoms with Crippen LogP contribution in [0.5, 0.6) is 11.5 Å². The topological polar surface area (TPSA) is 44.5 Å². The summed E-state index contributed by atoms with van der Waals surface area (Å²) >= 11 is 1.65. The molecule has 0 bridgehead atoms. The van der Waals surface area contributed by atoms with Gasteiger partial charge < -0.3 is 15.2 Å². The van der Waals surface area contributed by atoms with E-state index in [4.69, 9.17) is 15.2 Å². The fourth-order valence-electron chi connectivity index (χ4n) is 2.10. The molecular weight excluding hydrogens is 289 g/mol. The van der Waals surface area contributed by atoms with Gasteiger partial charge in [0.25, 0.3) is 0 Å². The third kappa shape index (κ3) is 3.31. The number of hydrogen-bond acceptors (Lipinski definition) is 4. The summed E-state index contributed by atoms with van der Waals surface area (Å²) in [6, 6.07) is 10.1. The van der Waals surface area contributed by atoms with Crippen LogP contribution in [0.3, 0.4) is 0 Å². The minimum absolute atomic E-state index is 0.351. The van der Waals surface area contributed by atoms with E-state index in [1.165, 1.54) is 20.3 Å². The molecule has 0 spiro atoms. The van der Waals surface area contributed by atoms with Crippen molar-refractivity contribution in [1.29, 1.82) is 0 Å². The average Bonchev–Trinajstić information content (AvgIpc) is 2.54.